The minimum absolute atomic E-state index is 0.858. The summed E-state index contributed by atoms with van der Waals surface area (Å²) < 4.78 is 10.3. The van der Waals surface area contributed by atoms with Gasteiger partial charge in [-0.05, 0) is 18.3 Å². The second kappa shape index (κ2) is 6.69. The van der Waals surface area contributed by atoms with Crippen LogP contribution >= 0.6 is 0 Å². The number of ether oxygens (including phenoxy) is 2. The van der Waals surface area contributed by atoms with Crippen molar-refractivity contribution in [3.63, 3.8) is 0 Å². The minimum atomic E-state index is 0.858. The lowest BCUT2D eigenvalue weighted by atomic mass is 9.84. The average molecular weight is 242 g/mol. The van der Waals surface area contributed by atoms with Crippen molar-refractivity contribution in [2.24, 2.45) is 11.8 Å². The van der Waals surface area contributed by atoms with Gasteiger partial charge in [-0.25, -0.2) is 0 Å². The zero-order chi connectivity index (χ0) is 12.1. The summed E-state index contributed by atoms with van der Waals surface area (Å²) in [5, 5.41) is 0. The normalized spacial score (nSPS) is 30.7. The van der Waals surface area contributed by atoms with Crippen molar-refractivity contribution in [3.05, 3.63) is 0 Å². The highest BCUT2D eigenvalue weighted by Crippen LogP contribution is 2.28. The van der Waals surface area contributed by atoms with Gasteiger partial charge in [-0.2, -0.15) is 0 Å². The zero-order valence-electron chi connectivity index (χ0n) is 11.2. The Hall–Kier alpha value is -0.160. The maximum Gasteiger partial charge on any atom is 0.0589 e. The fourth-order valence-corrected chi connectivity index (χ4v) is 3.30. The quantitative estimate of drug-likeness (QED) is 0.678. The van der Waals surface area contributed by atoms with E-state index >= 15 is 0 Å². The van der Waals surface area contributed by atoms with Crippen molar-refractivity contribution in [1.82, 2.24) is 9.80 Å². The lowest BCUT2D eigenvalue weighted by Crippen LogP contribution is -2.53. The summed E-state index contributed by atoms with van der Waals surface area (Å²) in [5.41, 5.74) is 0. The Morgan fingerprint density at radius 3 is 1.59 bits per heavy atom. The van der Waals surface area contributed by atoms with Gasteiger partial charge >= 0.3 is 0 Å². The third kappa shape index (κ3) is 3.91. The van der Waals surface area contributed by atoms with Gasteiger partial charge in [0, 0.05) is 53.5 Å². The Kier molecular flexibility index (Phi) is 5.22. The van der Waals surface area contributed by atoms with Crippen LogP contribution in [0.25, 0.3) is 0 Å². The summed E-state index contributed by atoms with van der Waals surface area (Å²) in [6.45, 7) is 8.95. The molecule has 0 aromatic rings. The van der Waals surface area contributed by atoms with E-state index in [4.69, 9.17) is 9.47 Å². The van der Waals surface area contributed by atoms with E-state index < -0.39 is 0 Å². The van der Waals surface area contributed by atoms with Crippen LogP contribution in [-0.2, 0) is 9.47 Å². The van der Waals surface area contributed by atoms with Gasteiger partial charge in [0.05, 0.1) is 13.2 Å². The third-order valence-electron chi connectivity index (χ3n) is 3.96. The number of hydrogen-bond acceptors (Lipinski definition) is 4. The van der Waals surface area contributed by atoms with Crippen molar-refractivity contribution in [1.29, 1.82) is 0 Å². The van der Waals surface area contributed by atoms with Gasteiger partial charge < -0.3 is 19.3 Å². The van der Waals surface area contributed by atoms with Gasteiger partial charge in [-0.15, -0.1) is 0 Å². The molecule has 0 aromatic carbocycles. The van der Waals surface area contributed by atoms with Crippen molar-refractivity contribution < 1.29 is 9.47 Å². The van der Waals surface area contributed by atoms with E-state index in [0.717, 1.165) is 38.1 Å². The van der Waals surface area contributed by atoms with Crippen LogP contribution in [0.2, 0.25) is 0 Å². The lowest BCUT2D eigenvalue weighted by Gasteiger charge is -2.45. The molecule has 4 nitrogen and oxygen atoms in total. The van der Waals surface area contributed by atoms with Gasteiger partial charge in [-0.1, -0.05) is 0 Å². The summed E-state index contributed by atoms with van der Waals surface area (Å²) >= 11 is 0. The molecule has 2 saturated heterocycles. The zero-order valence-corrected chi connectivity index (χ0v) is 11.2. The second-order valence-corrected chi connectivity index (χ2v) is 5.47. The van der Waals surface area contributed by atoms with Crippen molar-refractivity contribution in [2.75, 3.05) is 66.7 Å². The van der Waals surface area contributed by atoms with Crippen LogP contribution in [0.15, 0.2) is 0 Å². The molecule has 0 spiro atoms. The molecule has 0 aliphatic carbocycles. The highest BCUT2D eigenvalue weighted by Gasteiger charge is 2.33. The highest BCUT2D eigenvalue weighted by molar-refractivity contribution is 4.87. The molecule has 0 unspecified atom stereocenters. The van der Waals surface area contributed by atoms with Gasteiger partial charge in [0.1, 0.15) is 0 Å². The summed E-state index contributed by atoms with van der Waals surface area (Å²) in [4.78, 5) is 5.16. The van der Waals surface area contributed by atoms with Crippen molar-refractivity contribution in [2.45, 2.75) is 6.42 Å². The number of methoxy groups -OCH3 is 2. The summed E-state index contributed by atoms with van der Waals surface area (Å²) in [6, 6.07) is 0. The number of rotatable bonds is 6. The topological polar surface area (TPSA) is 24.9 Å². The van der Waals surface area contributed by atoms with Gasteiger partial charge in [0.15, 0.2) is 0 Å². The number of likely N-dealkylation sites (tertiary alicyclic amines) is 2. The Morgan fingerprint density at radius 1 is 0.824 bits per heavy atom. The van der Waals surface area contributed by atoms with E-state index in [1.165, 1.54) is 32.6 Å². The van der Waals surface area contributed by atoms with Crippen LogP contribution < -0.4 is 0 Å². The standard InChI is InChI=1S/C13H26N2O2/c1-16-5-3-14-8-12-7-13(9-14)11-15(10-12)4-6-17-2/h12-13H,3-11H2,1-2H3. The highest BCUT2D eigenvalue weighted by atomic mass is 16.5. The molecule has 2 heterocycles. The van der Waals surface area contributed by atoms with E-state index in [-0.39, 0.29) is 0 Å². The number of fused-ring (bicyclic) bond motifs is 2. The van der Waals surface area contributed by atoms with Crippen molar-refractivity contribution in [3.8, 4) is 0 Å². The van der Waals surface area contributed by atoms with Crippen LogP contribution in [0.1, 0.15) is 6.42 Å². The van der Waals surface area contributed by atoms with Crippen LogP contribution in [0.5, 0.6) is 0 Å². The first-order valence-corrected chi connectivity index (χ1v) is 6.74. The van der Waals surface area contributed by atoms with Crippen molar-refractivity contribution >= 4 is 0 Å². The van der Waals surface area contributed by atoms with Crippen LogP contribution in [0.3, 0.4) is 0 Å². The molecule has 0 saturated carbocycles. The molecule has 2 fully saturated rings. The first kappa shape index (κ1) is 13.3. The van der Waals surface area contributed by atoms with E-state index in [0.29, 0.717) is 0 Å². The first-order chi connectivity index (χ1) is 8.31. The first-order valence-electron chi connectivity index (χ1n) is 6.74. The fraction of sp³-hybridized carbons (Fsp3) is 1.00. The smallest absolute Gasteiger partial charge is 0.0589 e. The molecular formula is C13H26N2O2. The number of hydrogen-bond donors (Lipinski definition) is 0. The Balaban J connectivity index is 1.76. The minimum Gasteiger partial charge on any atom is -0.383 e. The maximum absolute atomic E-state index is 5.17. The molecule has 4 heteroatoms. The SMILES string of the molecule is COCCN1CC2CC(C1)CN(CCOC)C2. The molecule has 0 N–H and O–H groups in total. The molecule has 2 aliphatic rings. The molecule has 2 bridgehead atoms. The van der Waals surface area contributed by atoms with E-state index in [9.17, 15) is 0 Å². The summed E-state index contributed by atoms with van der Waals surface area (Å²) in [6.07, 6.45) is 1.42. The molecule has 100 valence electrons. The predicted molar refractivity (Wildman–Crippen MR) is 68.2 cm³/mol. The second-order valence-electron chi connectivity index (χ2n) is 5.47. The molecule has 0 radical (unpaired) electrons. The number of nitrogens with zero attached hydrogens (tertiary/aromatic N) is 2. The van der Waals surface area contributed by atoms with Gasteiger partial charge in [0.2, 0.25) is 0 Å². The van der Waals surface area contributed by atoms with Gasteiger partial charge in [-0.3, -0.25) is 0 Å². The summed E-state index contributed by atoms with van der Waals surface area (Å²) in [7, 11) is 3.58. The molecule has 0 atom stereocenters. The fourth-order valence-electron chi connectivity index (χ4n) is 3.30. The Bertz CT molecular complexity index is 191. The molecule has 2 aliphatic heterocycles. The molecule has 0 amide bonds. The summed E-state index contributed by atoms with van der Waals surface area (Å²) in [5.74, 6) is 1.72. The van der Waals surface area contributed by atoms with Crippen LogP contribution in [-0.4, -0.2) is 76.5 Å². The Morgan fingerprint density at radius 2 is 1.24 bits per heavy atom. The maximum atomic E-state index is 5.17. The third-order valence-corrected chi connectivity index (χ3v) is 3.96. The molecule has 2 rings (SSSR count). The van der Waals surface area contributed by atoms with E-state index in [2.05, 4.69) is 9.80 Å². The molecular weight excluding hydrogens is 216 g/mol. The average Bonchev–Trinajstić information content (AvgIpc) is 2.33. The van der Waals surface area contributed by atoms with Gasteiger partial charge in [0.25, 0.3) is 0 Å². The lowest BCUT2D eigenvalue weighted by molar-refractivity contribution is 0.0119. The molecule has 17 heavy (non-hydrogen) atoms. The van der Waals surface area contributed by atoms with Crippen LogP contribution in [0, 0.1) is 11.8 Å². The predicted octanol–water partition coefficient (Wildman–Crippen LogP) is 0.533. The van der Waals surface area contributed by atoms with E-state index in [1.807, 2.05) is 0 Å². The molecule has 0 aromatic heterocycles. The van der Waals surface area contributed by atoms with Crippen LogP contribution in [0.4, 0.5) is 0 Å². The largest absolute Gasteiger partial charge is 0.383 e. The monoisotopic (exact) mass is 242 g/mol. The number of piperidine rings is 2. The van der Waals surface area contributed by atoms with E-state index in [1.54, 1.807) is 14.2 Å². The Labute approximate surface area is 105 Å².